The predicted molar refractivity (Wildman–Crippen MR) is 85.0 cm³/mol. The quantitative estimate of drug-likeness (QED) is 0.805. The molecule has 21 heavy (non-hydrogen) atoms. The van der Waals surface area contributed by atoms with Gasteiger partial charge >= 0.3 is 0 Å². The van der Waals surface area contributed by atoms with E-state index in [4.69, 9.17) is 11.6 Å². The fraction of sp³-hybridized carbons (Fsp3) is 0.500. The van der Waals surface area contributed by atoms with Crippen LogP contribution in [0.4, 0.5) is 0 Å². The van der Waals surface area contributed by atoms with Crippen molar-refractivity contribution in [2.75, 3.05) is 0 Å². The molecular weight excluding hydrogens is 288 g/mol. The lowest BCUT2D eigenvalue weighted by atomic mass is 9.96. The number of nitrogens with one attached hydrogen (secondary N) is 1. The number of hydrazine groups is 1. The van der Waals surface area contributed by atoms with E-state index >= 15 is 0 Å². The topological polar surface area (TPSA) is 49.4 Å². The molecule has 1 aromatic rings. The molecule has 0 unspecified atom stereocenters. The van der Waals surface area contributed by atoms with E-state index in [0.717, 1.165) is 0 Å². The lowest BCUT2D eigenvalue weighted by Crippen LogP contribution is -2.57. The molecule has 0 saturated carbocycles. The number of carbonyl (C=O) groups is 2. The van der Waals surface area contributed by atoms with Crippen LogP contribution in [0.2, 0.25) is 5.02 Å². The van der Waals surface area contributed by atoms with Gasteiger partial charge in [-0.2, -0.15) is 0 Å². The van der Waals surface area contributed by atoms with E-state index in [0.29, 0.717) is 10.6 Å². The van der Waals surface area contributed by atoms with Gasteiger partial charge in [0.05, 0.1) is 5.54 Å². The number of rotatable bonds is 1. The predicted octanol–water partition coefficient (Wildman–Crippen LogP) is 3.66. The molecule has 0 aliphatic carbocycles. The van der Waals surface area contributed by atoms with Crippen molar-refractivity contribution in [3.63, 3.8) is 0 Å². The first-order chi connectivity index (χ1) is 9.43. The Morgan fingerprint density at radius 1 is 1.00 bits per heavy atom. The molecule has 116 valence electrons. The molecule has 2 amide bonds. The fourth-order valence-electron chi connectivity index (χ4n) is 1.51. The molecule has 0 atom stereocenters. The third-order valence-corrected chi connectivity index (χ3v) is 3.11. The average molecular weight is 311 g/mol. The summed E-state index contributed by atoms with van der Waals surface area (Å²) in [5.41, 5.74) is 2.07. The molecule has 0 saturated heterocycles. The van der Waals surface area contributed by atoms with Gasteiger partial charge in [-0.25, -0.2) is 5.01 Å². The molecule has 0 aromatic heterocycles. The first kappa shape index (κ1) is 17.5. The van der Waals surface area contributed by atoms with E-state index in [1.807, 2.05) is 20.8 Å². The van der Waals surface area contributed by atoms with Gasteiger partial charge in [0, 0.05) is 16.0 Å². The van der Waals surface area contributed by atoms with Crippen LogP contribution in [0.5, 0.6) is 0 Å². The highest BCUT2D eigenvalue weighted by Gasteiger charge is 2.32. The van der Waals surface area contributed by atoms with Crippen LogP contribution >= 0.6 is 11.6 Å². The van der Waals surface area contributed by atoms with Crippen molar-refractivity contribution in [3.05, 3.63) is 34.9 Å². The lowest BCUT2D eigenvalue weighted by molar-refractivity contribution is -0.134. The number of hydrogen-bond donors (Lipinski definition) is 1. The summed E-state index contributed by atoms with van der Waals surface area (Å²) in [6.45, 7) is 11.0. The lowest BCUT2D eigenvalue weighted by Gasteiger charge is -2.37. The summed E-state index contributed by atoms with van der Waals surface area (Å²) in [5, 5.41) is 1.93. The second-order valence-corrected chi connectivity index (χ2v) is 7.45. The SMILES string of the molecule is CC(C)(C)C(=O)NN(C(=O)c1ccc(Cl)cc1)C(C)(C)C. The molecule has 0 radical (unpaired) electrons. The molecule has 1 N–H and O–H groups in total. The van der Waals surface area contributed by atoms with Crippen LogP contribution in [0.3, 0.4) is 0 Å². The Hall–Kier alpha value is -1.55. The fourth-order valence-corrected chi connectivity index (χ4v) is 1.64. The normalized spacial score (nSPS) is 12.0. The average Bonchev–Trinajstić information content (AvgIpc) is 2.33. The minimum absolute atomic E-state index is 0.209. The maximum absolute atomic E-state index is 12.6. The van der Waals surface area contributed by atoms with Crippen LogP contribution in [0, 0.1) is 5.41 Å². The smallest absolute Gasteiger partial charge is 0.272 e. The van der Waals surface area contributed by atoms with Crippen LogP contribution < -0.4 is 5.43 Å². The van der Waals surface area contributed by atoms with E-state index in [9.17, 15) is 9.59 Å². The van der Waals surface area contributed by atoms with Crippen molar-refractivity contribution in [1.82, 2.24) is 10.4 Å². The third kappa shape index (κ3) is 4.74. The number of nitrogens with zero attached hydrogens (tertiary/aromatic N) is 1. The van der Waals surface area contributed by atoms with Gasteiger partial charge in [-0.1, -0.05) is 32.4 Å². The number of halogens is 1. The molecular formula is C16H23ClN2O2. The van der Waals surface area contributed by atoms with Gasteiger partial charge in [0.15, 0.2) is 0 Å². The maximum atomic E-state index is 12.6. The Balaban J connectivity index is 3.06. The summed E-state index contributed by atoms with van der Waals surface area (Å²) >= 11 is 5.84. The zero-order valence-electron chi connectivity index (χ0n) is 13.5. The van der Waals surface area contributed by atoms with Gasteiger partial charge in [0.1, 0.15) is 0 Å². The van der Waals surface area contributed by atoms with Crippen molar-refractivity contribution in [1.29, 1.82) is 0 Å². The van der Waals surface area contributed by atoms with E-state index in [-0.39, 0.29) is 11.8 Å². The zero-order chi connectivity index (χ0) is 16.4. The summed E-state index contributed by atoms with van der Waals surface area (Å²) in [7, 11) is 0. The van der Waals surface area contributed by atoms with E-state index in [2.05, 4.69) is 5.43 Å². The Kier molecular flexibility index (Phi) is 5.05. The molecule has 0 fully saturated rings. The number of amides is 2. The molecule has 0 bridgehead atoms. The van der Waals surface area contributed by atoms with Crippen LogP contribution in [-0.4, -0.2) is 22.4 Å². The molecule has 1 rings (SSSR count). The Morgan fingerprint density at radius 3 is 1.86 bits per heavy atom. The summed E-state index contributed by atoms with van der Waals surface area (Å²) < 4.78 is 0. The van der Waals surface area contributed by atoms with Gasteiger partial charge in [-0.05, 0) is 45.0 Å². The highest BCUT2D eigenvalue weighted by Crippen LogP contribution is 2.19. The van der Waals surface area contributed by atoms with Crippen LogP contribution in [0.25, 0.3) is 0 Å². The summed E-state index contributed by atoms with van der Waals surface area (Å²) in [6.07, 6.45) is 0. The highest BCUT2D eigenvalue weighted by atomic mass is 35.5. The number of carbonyl (C=O) groups excluding carboxylic acids is 2. The molecule has 5 heteroatoms. The van der Waals surface area contributed by atoms with E-state index in [1.165, 1.54) is 5.01 Å². The van der Waals surface area contributed by atoms with Gasteiger partial charge in [0.2, 0.25) is 5.91 Å². The van der Waals surface area contributed by atoms with Gasteiger partial charge < -0.3 is 0 Å². The molecule has 0 heterocycles. The van der Waals surface area contributed by atoms with Crippen LogP contribution in [0.15, 0.2) is 24.3 Å². The van der Waals surface area contributed by atoms with Gasteiger partial charge in [-0.15, -0.1) is 0 Å². The van der Waals surface area contributed by atoms with Crippen molar-refractivity contribution < 1.29 is 9.59 Å². The van der Waals surface area contributed by atoms with Crippen molar-refractivity contribution >= 4 is 23.4 Å². The monoisotopic (exact) mass is 310 g/mol. The number of benzene rings is 1. The molecule has 0 spiro atoms. The first-order valence-electron chi connectivity index (χ1n) is 6.84. The first-order valence-corrected chi connectivity index (χ1v) is 7.22. The van der Waals surface area contributed by atoms with E-state index in [1.54, 1.807) is 45.0 Å². The summed E-state index contributed by atoms with van der Waals surface area (Å²) in [6, 6.07) is 6.60. The minimum atomic E-state index is -0.580. The van der Waals surface area contributed by atoms with Crippen LogP contribution in [-0.2, 0) is 4.79 Å². The summed E-state index contributed by atoms with van der Waals surface area (Å²) in [4.78, 5) is 24.8. The highest BCUT2D eigenvalue weighted by molar-refractivity contribution is 6.30. The van der Waals surface area contributed by atoms with Crippen molar-refractivity contribution in [2.45, 2.75) is 47.1 Å². The second-order valence-electron chi connectivity index (χ2n) is 7.01. The molecule has 0 aliphatic rings. The molecule has 4 nitrogen and oxygen atoms in total. The van der Waals surface area contributed by atoms with Crippen LogP contribution in [0.1, 0.15) is 51.9 Å². The largest absolute Gasteiger partial charge is 0.273 e. The zero-order valence-corrected chi connectivity index (χ0v) is 14.2. The standard InChI is InChI=1S/C16H23ClN2O2/c1-15(2,3)14(21)18-19(16(4,5)6)13(20)11-7-9-12(17)10-8-11/h7-10H,1-6H3,(H,18,21). The number of hydrogen-bond acceptors (Lipinski definition) is 2. The van der Waals surface area contributed by atoms with E-state index < -0.39 is 11.0 Å². The molecule has 1 aromatic carbocycles. The van der Waals surface area contributed by atoms with Gasteiger partial charge in [0.25, 0.3) is 5.91 Å². The Morgan fingerprint density at radius 2 is 1.48 bits per heavy atom. The summed E-state index contributed by atoms with van der Waals surface area (Å²) in [5.74, 6) is -0.475. The second kappa shape index (κ2) is 6.06. The Bertz CT molecular complexity index is 525. The maximum Gasteiger partial charge on any atom is 0.272 e. The van der Waals surface area contributed by atoms with Crippen molar-refractivity contribution in [3.8, 4) is 0 Å². The Labute approximate surface area is 131 Å². The van der Waals surface area contributed by atoms with Crippen molar-refractivity contribution in [2.24, 2.45) is 5.41 Å². The third-order valence-electron chi connectivity index (χ3n) is 2.86. The van der Waals surface area contributed by atoms with Gasteiger partial charge in [-0.3, -0.25) is 15.0 Å². The minimum Gasteiger partial charge on any atom is -0.273 e. The molecule has 0 aliphatic heterocycles.